The van der Waals surface area contributed by atoms with E-state index in [1.807, 2.05) is 23.1 Å². The molecule has 1 atom stereocenters. The first kappa shape index (κ1) is 13.4. The van der Waals surface area contributed by atoms with E-state index in [-0.39, 0.29) is 5.91 Å². The number of benzene rings is 1. The van der Waals surface area contributed by atoms with Crippen molar-refractivity contribution in [1.29, 1.82) is 0 Å². The Hall–Kier alpha value is -1.55. The summed E-state index contributed by atoms with van der Waals surface area (Å²) in [5, 5.41) is 3.59. The molecule has 1 unspecified atom stereocenters. The number of para-hydroxylation sites is 2. The van der Waals surface area contributed by atoms with E-state index in [2.05, 4.69) is 11.4 Å². The molecule has 1 aliphatic heterocycles. The molecule has 1 aromatic rings. The third kappa shape index (κ3) is 2.80. The van der Waals surface area contributed by atoms with Crippen molar-refractivity contribution in [1.82, 2.24) is 0 Å². The SMILES string of the molecule is COCC(Nc1ccccc1N1CCCC1=O)C1CC1. The molecule has 4 heteroatoms. The maximum atomic E-state index is 12.0. The summed E-state index contributed by atoms with van der Waals surface area (Å²) in [6, 6.07) is 8.45. The van der Waals surface area contributed by atoms with Crippen molar-refractivity contribution in [3.8, 4) is 0 Å². The summed E-state index contributed by atoms with van der Waals surface area (Å²) in [5.41, 5.74) is 2.06. The molecule has 1 aliphatic carbocycles. The Labute approximate surface area is 120 Å². The zero-order valence-corrected chi connectivity index (χ0v) is 12.0. The van der Waals surface area contributed by atoms with E-state index in [1.165, 1.54) is 12.8 Å². The Bertz CT molecular complexity index is 485. The number of carbonyl (C=O) groups excluding carboxylic acids is 1. The number of methoxy groups -OCH3 is 1. The molecular weight excluding hydrogens is 252 g/mol. The molecule has 1 N–H and O–H groups in total. The average Bonchev–Trinajstić information content (AvgIpc) is 3.22. The Morgan fingerprint density at radius 2 is 2.20 bits per heavy atom. The van der Waals surface area contributed by atoms with Crippen molar-refractivity contribution in [2.75, 3.05) is 30.5 Å². The van der Waals surface area contributed by atoms with Crippen LogP contribution in [0.3, 0.4) is 0 Å². The van der Waals surface area contributed by atoms with E-state index in [4.69, 9.17) is 4.74 Å². The second-order valence-corrected chi connectivity index (χ2v) is 5.71. The van der Waals surface area contributed by atoms with Crippen molar-refractivity contribution in [3.05, 3.63) is 24.3 Å². The van der Waals surface area contributed by atoms with Crippen LogP contribution in [0.5, 0.6) is 0 Å². The minimum Gasteiger partial charge on any atom is -0.383 e. The molecule has 1 heterocycles. The fourth-order valence-corrected chi connectivity index (χ4v) is 2.91. The van der Waals surface area contributed by atoms with E-state index in [9.17, 15) is 4.79 Å². The van der Waals surface area contributed by atoms with Crippen LogP contribution < -0.4 is 10.2 Å². The third-order valence-electron chi connectivity index (χ3n) is 4.15. The van der Waals surface area contributed by atoms with Crippen LogP contribution in [0, 0.1) is 5.92 Å². The number of nitrogens with zero attached hydrogens (tertiary/aromatic N) is 1. The normalized spacial score (nSPS) is 20.2. The summed E-state index contributed by atoms with van der Waals surface area (Å²) >= 11 is 0. The second-order valence-electron chi connectivity index (χ2n) is 5.71. The zero-order chi connectivity index (χ0) is 13.9. The molecule has 20 heavy (non-hydrogen) atoms. The van der Waals surface area contributed by atoms with Crippen LogP contribution in [0.4, 0.5) is 11.4 Å². The van der Waals surface area contributed by atoms with Gasteiger partial charge in [-0.25, -0.2) is 0 Å². The lowest BCUT2D eigenvalue weighted by molar-refractivity contribution is -0.117. The predicted octanol–water partition coefficient (Wildman–Crippen LogP) is 2.65. The summed E-state index contributed by atoms with van der Waals surface area (Å²) in [7, 11) is 1.74. The van der Waals surface area contributed by atoms with Crippen molar-refractivity contribution >= 4 is 17.3 Å². The van der Waals surface area contributed by atoms with Crippen LogP contribution in [0.15, 0.2) is 24.3 Å². The molecule has 0 radical (unpaired) electrons. The van der Waals surface area contributed by atoms with Crippen molar-refractivity contribution in [3.63, 3.8) is 0 Å². The van der Waals surface area contributed by atoms with Gasteiger partial charge < -0.3 is 15.0 Å². The summed E-state index contributed by atoms with van der Waals surface area (Å²) in [5.74, 6) is 0.936. The molecule has 1 saturated carbocycles. The van der Waals surface area contributed by atoms with Gasteiger partial charge in [0.25, 0.3) is 0 Å². The molecule has 2 aliphatic rings. The number of rotatable bonds is 6. The summed E-state index contributed by atoms with van der Waals surface area (Å²) < 4.78 is 5.32. The maximum absolute atomic E-state index is 12.0. The van der Waals surface area contributed by atoms with Crippen molar-refractivity contribution in [2.45, 2.75) is 31.7 Å². The lowest BCUT2D eigenvalue weighted by Crippen LogP contribution is -2.30. The number of hydrogen-bond acceptors (Lipinski definition) is 3. The molecule has 4 nitrogen and oxygen atoms in total. The first-order valence-electron chi connectivity index (χ1n) is 7.44. The minimum atomic E-state index is 0.231. The van der Waals surface area contributed by atoms with Crippen LogP contribution in [0.2, 0.25) is 0 Å². The highest BCUT2D eigenvalue weighted by atomic mass is 16.5. The molecule has 1 saturated heterocycles. The first-order valence-corrected chi connectivity index (χ1v) is 7.44. The number of carbonyl (C=O) groups is 1. The Kier molecular flexibility index (Phi) is 3.92. The Morgan fingerprint density at radius 3 is 2.85 bits per heavy atom. The van der Waals surface area contributed by atoms with Gasteiger partial charge in [-0.15, -0.1) is 0 Å². The second kappa shape index (κ2) is 5.83. The molecule has 1 aromatic carbocycles. The number of amides is 1. The van der Waals surface area contributed by atoms with Gasteiger partial charge in [0.2, 0.25) is 5.91 Å². The highest BCUT2D eigenvalue weighted by molar-refractivity contribution is 5.98. The van der Waals surface area contributed by atoms with Gasteiger partial charge in [-0.1, -0.05) is 12.1 Å². The molecule has 2 fully saturated rings. The number of ether oxygens (including phenoxy) is 1. The van der Waals surface area contributed by atoms with E-state index in [0.29, 0.717) is 25.0 Å². The zero-order valence-electron chi connectivity index (χ0n) is 12.0. The van der Waals surface area contributed by atoms with Crippen LogP contribution in [0.25, 0.3) is 0 Å². The summed E-state index contributed by atoms with van der Waals surface area (Å²) in [6.07, 6.45) is 4.16. The first-order chi connectivity index (χ1) is 9.79. The van der Waals surface area contributed by atoms with E-state index < -0.39 is 0 Å². The van der Waals surface area contributed by atoms with E-state index in [1.54, 1.807) is 7.11 Å². The molecule has 0 spiro atoms. The Balaban J connectivity index is 1.79. The fraction of sp³-hybridized carbons (Fsp3) is 0.562. The van der Waals surface area contributed by atoms with Gasteiger partial charge in [-0.05, 0) is 37.3 Å². The van der Waals surface area contributed by atoms with Crippen molar-refractivity contribution < 1.29 is 9.53 Å². The highest BCUT2D eigenvalue weighted by Gasteiger charge is 2.32. The van der Waals surface area contributed by atoms with Crippen LogP contribution >= 0.6 is 0 Å². The summed E-state index contributed by atoms with van der Waals surface area (Å²) in [6.45, 7) is 1.54. The quantitative estimate of drug-likeness (QED) is 0.867. The molecule has 1 amide bonds. The van der Waals surface area contributed by atoms with Gasteiger partial charge in [-0.2, -0.15) is 0 Å². The third-order valence-corrected chi connectivity index (χ3v) is 4.15. The van der Waals surface area contributed by atoms with E-state index >= 15 is 0 Å². The lowest BCUT2D eigenvalue weighted by Gasteiger charge is -2.24. The number of hydrogen-bond donors (Lipinski definition) is 1. The van der Waals surface area contributed by atoms with Gasteiger partial charge in [0, 0.05) is 20.1 Å². The highest BCUT2D eigenvalue weighted by Crippen LogP contribution is 2.36. The topological polar surface area (TPSA) is 41.6 Å². The van der Waals surface area contributed by atoms with Crippen LogP contribution in [-0.2, 0) is 9.53 Å². The van der Waals surface area contributed by atoms with Gasteiger partial charge in [0.1, 0.15) is 0 Å². The maximum Gasteiger partial charge on any atom is 0.227 e. The largest absolute Gasteiger partial charge is 0.383 e. The molecule has 3 rings (SSSR count). The van der Waals surface area contributed by atoms with Crippen molar-refractivity contribution in [2.24, 2.45) is 5.92 Å². The van der Waals surface area contributed by atoms with Gasteiger partial charge >= 0.3 is 0 Å². The number of nitrogens with one attached hydrogen (secondary N) is 1. The minimum absolute atomic E-state index is 0.231. The van der Waals surface area contributed by atoms with Gasteiger partial charge in [0.05, 0.1) is 24.0 Å². The van der Waals surface area contributed by atoms with Crippen LogP contribution in [0.1, 0.15) is 25.7 Å². The molecule has 0 bridgehead atoms. The predicted molar refractivity (Wildman–Crippen MR) is 80.0 cm³/mol. The fourth-order valence-electron chi connectivity index (χ4n) is 2.91. The van der Waals surface area contributed by atoms with Gasteiger partial charge in [0.15, 0.2) is 0 Å². The Morgan fingerprint density at radius 1 is 1.40 bits per heavy atom. The lowest BCUT2D eigenvalue weighted by atomic mass is 10.1. The standard InChI is InChI=1S/C16H22N2O2/c1-20-11-14(12-8-9-12)17-13-5-2-3-6-15(13)18-10-4-7-16(18)19/h2-3,5-6,12,14,17H,4,7-11H2,1H3. The molecule has 108 valence electrons. The summed E-state index contributed by atoms with van der Waals surface area (Å²) in [4.78, 5) is 13.9. The van der Waals surface area contributed by atoms with E-state index in [0.717, 1.165) is 24.3 Å². The average molecular weight is 274 g/mol. The smallest absolute Gasteiger partial charge is 0.227 e. The monoisotopic (exact) mass is 274 g/mol. The molecular formula is C16H22N2O2. The number of anilines is 2. The van der Waals surface area contributed by atoms with Crippen LogP contribution in [-0.4, -0.2) is 32.2 Å². The molecule has 0 aromatic heterocycles. The van der Waals surface area contributed by atoms with Gasteiger partial charge in [-0.3, -0.25) is 4.79 Å².